The standard InChI is InChI=1S/C12H7BrO/c13-9-2-3-10-8(7-9)1-4-12-11(10)5-6-14-12/h1-7H. The van der Waals surface area contributed by atoms with Crippen LogP contribution in [0, 0.1) is 0 Å². The van der Waals surface area contributed by atoms with Crippen LogP contribution in [0.4, 0.5) is 0 Å². The first-order valence-corrected chi connectivity index (χ1v) is 5.19. The molecule has 0 radical (unpaired) electrons. The molecule has 3 aromatic rings. The summed E-state index contributed by atoms with van der Waals surface area (Å²) in [6.07, 6.45) is 1.73. The molecule has 2 aromatic carbocycles. The Kier molecular flexibility index (Phi) is 1.64. The highest BCUT2D eigenvalue weighted by Crippen LogP contribution is 2.28. The van der Waals surface area contributed by atoms with Crippen molar-refractivity contribution in [3.63, 3.8) is 0 Å². The minimum absolute atomic E-state index is 0.944. The number of hydrogen-bond donors (Lipinski definition) is 0. The largest absolute Gasteiger partial charge is 0.464 e. The van der Waals surface area contributed by atoms with Crippen molar-refractivity contribution in [1.29, 1.82) is 0 Å². The molecule has 0 aliphatic rings. The summed E-state index contributed by atoms with van der Waals surface area (Å²) in [5.41, 5.74) is 0.944. The lowest BCUT2D eigenvalue weighted by molar-refractivity contribution is 0.616. The summed E-state index contributed by atoms with van der Waals surface area (Å²) >= 11 is 3.46. The highest BCUT2D eigenvalue weighted by molar-refractivity contribution is 9.10. The van der Waals surface area contributed by atoms with E-state index in [4.69, 9.17) is 4.42 Å². The molecule has 14 heavy (non-hydrogen) atoms. The van der Waals surface area contributed by atoms with Gasteiger partial charge in [0.05, 0.1) is 6.26 Å². The molecule has 0 fully saturated rings. The summed E-state index contributed by atoms with van der Waals surface area (Å²) in [5.74, 6) is 0. The van der Waals surface area contributed by atoms with Crippen LogP contribution in [0.25, 0.3) is 21.7 Å². The SMILES string of the molecule is Brc1ccc2c(ccc3occc32)c1. The molecule has 0 N–H and O–H groups in total. The molecule has 68 valence electrons. The van der Waals surface area contributed by atoms with E-state index in [1.54, 1.807) is 6.26 Å². The van der Waals surface area contributed by atoms with Crippen LogP contribution in [0.15, 0.2) is 51.6 Å². The maximum Gasteiger partial charge on any atom is 0.134 e. The van der Waals surface area contributed by atoms with Gasteiger partial charge in [-0.2, -0.15) is 0 Å². The third-order valence-corrected chi connectivity index (χ3v) is 2.91. The van der Waals surface area contributed by atoms with Gasteiger partial charge in [0, 0.05) is 9.86 Å². The summed E-state index contributed by atoms with van der Waals surface area (Å²) in [6.45, 7) is 0. The number of hydrogen-bond acceptors (Lipinski definition) is 1. The molecule has 0 spiro atoms. The third-order valence-electron chi connectivity index (χ3n) is 2.41. The van der Waals surface area contributed by atoms with Gasteiger partial charge >= 0.3 is 0 Å². The third kappa shape index (κ3) is 1.07. The molecule has 2 heteroatoms. The van der Waals surface area contributed by atoms with Crippen molar-refractivity contribution in [2.75, 3.05) is 0 Å². The van der Waals surface area contributed by atoms with Crippen LogP contribution >= 0.6 is 15.9 Å². The highest BCUT2D eigenvalue weighted by Gasteiger charge is 2.02. The normalized spacial score (nSPS) is 11.2. The Bertz CT molecular complexity index is 610. The summed E-state index contributed by atoms with van der Waals surface area (Å²) in [5, 5.41) is 3.64. The quantitative estimate of drug-likeness (QED) is 0.575. The van der Waals surface area contributed by atoms with Crippen LogP contribution in [-0.2, 0) is 0 Å². The second-order valence-electron chi connectivity index (χ2n) is 3.26. The van der Waals surface area contributed by atoms with E-state index in [2.05, 4.69) is 40.2 Å². The number of halogens is 1. The van der Waals surface area contributed by atoms with Crippen LogP contribution in [0.3, 0.4) is 0 Å². The summed E-state index contributed by atoms with van der Waals surface area (Å²) in [4.78, 5) is 0. The Morgan fingerprint density at radius 1 is 0.929 bits per heavy atom. The number of fused-ring (bicyclic) bond motifs is 3. The number of furan rings is 1. The fourth-order valence-electron chi connectivity index (χ4n) is 1.75. The highest BCUT2D eigenvalue weighted by atomic mass is 79.9. The van der Waals surface area contributed by atoms with E-state index in [9.17, 15) is 0 Å². The Labute approximate surface area is 89.5 Å². The molecule has 0 saturated carbocycles. The topological polar surface area (TPSA) is 13.1 Å². The van der Waals surface area contributed by atoms with E-state index >= 15 is 0 Å². The van der Waals surface area contributed by atoms with Gasteiger partial charge in [0.25, 0.3) is 0 Å². The monoisotopic (exact) mass is 246 g/mol. The maximum atomic E-state index is 5.34. The van der Waals surface area contributed by atoms with Crippen molar-refractivity contribution >= 4 is 37.7 Å². The lowest BCUT2D eigenvalue weighted by Gasteiger charge is -1.99. The van der Waals surface area contributed by atoms with Crippen molar-refractivity contribution in [2.45, 2.75) is 0 Å². The molecule has 0 unspecified atom stereocenters. The first-order valence-electron chi connectivity index (χ1n) is 4.40. The molecule has 1 heterocycles. The van der Waals surface area contributed by atoms with E-state index in [-0.39, 0.29) is 0 Å². The summed E-state index contributed by atoms with van der Waals surface area (Å²) in [7, 11) is 0. The van der Waals surface area contributed by atoms with Gasteiger partial charge in [0.1, 0.15) is 5.58 Å². The van der Waals surface area contributed by atoms with E-state index in [0.29, 0.717) is 0 Å². The van der Waals surface area contributed by atoms with Gasteiger partial charge in [-0.05, 0) is 35.0 Å². The van der Waals surface area contributed by atoms with E-state index in [1.807, 2.05) is 12.1 Å². The first kappa shape index (κ1) is 8.06. The lowest BCUT2D eigenvalue weighted by atomic mass is 10.1. The molecule has 0 bridgehead atoms. The minimum Gasteiger partial charge on any atom is -0.464 e. The minimum atomic E-state index is 0.944. The molecule has 1 nitrogen and oxygen atoms in total. The Balaban J connectivity index is 2.57. The van der Waals surface area contributed by atoms with Gasteiger partial charge < -0.3 is 4.42 Å². The van der Waals surface area contributed by atoms with Crippen molar-refractivity contribution in [2.24, 2.45) is 0 Å². The zero-order valence-electron chi connectivity index (χ0n) is 7.33. The van der Waals surface area contributed by atoms with Gasteiger partial charge in [-0.3, -0.25) is 0 Å². The average molecular weight is 247 g/mol. The van der Waals surface area contributed by atoms with Gasteiger partial charge in [0.2, 0.25) is 0 Å². The average Bonchev–Trinajstić information content (AvgIpc) is 2.65. The van der Waals surface area contributed by atoms with E-state index in [1.165, 1.54) is 16.2 Å². The number of rotatable bonds is 0. The summed E-state index contributed by atoms with van der Waals surface area (Å²) < 4.78 is 6.45. The van der Waals surface area contributed by atoms with Crippen LogP contribution < -0.4 is 0 Å². The second-order valence-corrected chi connectivity index (χ2v) is 4.18. The van der Waals surface area contributed by atoms with Gasteiger partial charge in [0.15, 0.2) is 0 Å². The predicted molar refractivity (Wildman–Crippen MR) is 61.4 cm³/mol. The Morgan fingerprint density at radius 3 is 2.79 bits per heavy atom. The Morgan fingerprint density at radius 2 is 1.86 bits per heavy atom. The van der Waals surface area contributed by atoms with Crippen molar-refractivity contribution in [3.8, 4) is 0 Å². The van der Waals surface area contributed by atoms with E-state index < -0.39 is 0 Å². The van der Waals surface area contributed by atoms with Crippen LogP contribution in [0.1, 0.15) is 0 Å². The van der Waals surface area contributed by atoms with Gasteiger partial charge in [-0.25, -0.2) is 0 Å². The molecule has 0 amide bonds. The van der Waals surface area contributed by atoms with Crippen LogP contribution in [0.2, 0.25) is 0 Å². The molecular weight excluding hydrogens is 240 g/mol. The molecule has 1 aromatic heterocycles. The van der Waals surface area contributed by atoms with Gasteiger partial charge in [-0.1, -0.05) is 28.1 Å². The van der Waals surface area contributed by atoms with Crippen molar-refractivity contribution < 1.29 is 4.42 Å². The molecule has 0 aliphatic carbocycles. The molecule has 0 aliphatic heterocycles. The molecule has 0 saturated heterocycles. The van der Waals surface area contributed by atoms with Crippen LogP contribution in [-0.4, -0.2) is 0 Å². The maximum absolute atomic E-state index is 5.34. The molecule has 0 atom stereocenters. The summed E-state index contributed by atoms with van der Waals surface area (Å²) in [6, 6.07) is 12.4. The molecular formula is C12H7BrO. The smallest absolute Gasteiger partial charge is 0.134 e. The molecule has 3 rings (SSSR count). The fraction of sp³-hybridized carbons (Fsp3) is 0. The predicted octanol–water partition coefficient (Wildman–Crippen LogP) is 4.35. The van der Waals surface area contributed by atoms with E-state index in [0.717, 1.165) is 10.1 Å². The van der Waals surface area contributed by atoms with Gasteiger partial charge in [-0.15, -0.1) is 0 Å². The Hall–Kier alpha value is -1.28. The van der Waals surface area contributed by atoms with Crippen LogP contribution in [0.5, 0.6) is 0 Å². The first-order chi connectivity index (χ1) is 6.84. The zero-order chi connectivity index (χ0) is 9.54. The van der Waals surface area contributed by atoms with Crippen molar-refractivity contribution in [1.82, 2.24) is 0 Å². The number of benzene rings is 2. The lowest BCUT2D eigenvalue weighted by Crippen LogP contribution is -1.73. The second kappa shape index (κ2) is 2.85. The fourth-order valence-corrected chi connectivity index (χ4v) is 2.13. The zero-order valence-corrected chi connectivity index (χ0v) is 8.91. The van der Waals surface area contributed by atoms with Crippen molar-refractivity contribution in [3.05, 3.63) is 47.1 Å².